The van der Waals surface area contributed by atoms with E-state index in [0.717, 1.165) is 4.47 Å². The first kappa shape index (κ1) is 9.49. The van der Waals surface area contributed by atoms with E-state index in [-0.39, 0.29) is 5.78 Å². The molecule has 1 aromatic rings. The summed E-state index contributed by atoms with van der Waals surface area (Å²) >= 11 is 9.05. The summed E-state index contributed by atoms with van der Waals surface area (Å²) in [5, 5.41) is 0.439. The van der Waals surface area contributed by atoms with Crippen molar-refractivity contribution in [3.63, 3.8) is 0 Å². The molecule has 0 atom stereocenters. The molecule has 0 amide bonds. The van der Waals surface area contributed by atoms with Gasteiger partial charge in [0.15, 0.2) is 5.78 Å². The lowest BCUT2D eigenvalue weighted by molar-refractivity contribution is 0.104. The van der Waals surface area contributed by atoms with Gasteiger partial charge < -0.3 is 0 Å². The van der Waals surface area contributed by atoms with E-state index in [2.05, 4.69) is 22.5 Å². The molecular weight excluding hydrogens is 239 g/mol. The highest BCUT2D eigenvalue weighted by Gasteiger charge is 2.05. The maximum absolute atomic E-state index is 11.1. The van der Waals surface area contributed by atoms with Crippen LogP contribution in [0.1, 0.15) is 10.4 Å². The Balaban J connectivity index is 3.18. The summed E-state index contributed by atoms with van der Waals surface area (Å²) in [4.78, 5) is 11.1. The van der Waals surface area contributed by atoms with Gasteiger partial charge in [0.2, 0.25) is 0 Å². The van der Waals surface area contributed by atoms with Gasteiger partial charge >= 0.3 is 0 Å². The topological polar surface area (TPSA) is 17.1 Å². The molecule has 0 heterocycles. The number of hydrogen-bond acceptors (Lipinski definition) is 1. The first-order chi connectivity index (χ1) is 5.65. The van der Waals surface area contributed by atoms with Crippen LogP contribution in [0.3, 0.4) is 0 Å². The largest absolute Gasteiger partial charge is 0.289 e. The second kappa shape index (κ2) is 3.87. The molecule has 3 heteroatoms. The van der Waals surface area contributed by atoms with Crippen LogP contribution in [0, 0.1) is 0 Å². The highest BCUT2D eigenvalue weighted by molar-refractivity contribution is 9.10. The monoisotopic (exact) mass is 244 g/mol. The number of hydrogen-bond donors (Lipinski definition) is 0. The van der Waals surface area contributed by atoms with Crippen molar-refractivity contribution in [2.75, 3.05) is 0 Å². The number of carbonyl (C=O) groups is 1. The summed E-state index contributed by atoms with van der Waals surface area (Å²) in [5.74, 6) is -0.160. The molecule has 0 N–H and O–H groups in total. The minimum Gasteiger partial charge on any atom is -0.289 e. The molecule has 1 aromatic carbocycles. The van der Waals surface area contributed by atoms with Gasteiger partial charge in [-0.1, -0.05) is 34.1 Å². The second-order valence-electron chi connectivity index (χ2n) is 2.19. The van der Waals surface area contributed by atoms with Crippen LogP contribution < -0.4 is 0 Å². The molecule has 0 aliphatic rings. The number of rotatable bonds is 2. The zero-order valence-electron chi connectivity index (χ0n) is 6.18. The van der Waals surface area contributed by atoms with Crippen molar-refractivity contribution in [3.8, 4) is 0 Å². The molecule has 0 bridgehead atoms. The predicted octanol–water partition coefficient (Wildman–Crippen LogP) is 3.47. The molecule has 0 spiro atoms. The van der Waals surface area contributed by atoms with Crippen LogP contribution in [0.25, 0.3) is 0 Å². The van der Waals surface area contributed by atoms with E-state index in [4.69, 9.17) is 11.6 Å². The van der Waals surface area contributed by atoms with E-state index < -0.39 is 0 Å². The quantitative estimate of drug-likeness (QED) is 0.576. The lowest BCUT2D eigenvalue weighted by atomic mass is 10.1. The Kier molecular flexibility index (Phi) is 3.06. The zero-order valence-corrected chi connectivity index (χ0v) is 8.52. The van der Waals surface area contributed by atoms with Crippen LogP contribution in [0.4, 0.5) is 0 Å². The lowest BCUT2D eigenvalue weighted by Gasteiger charge is -1.99. The number of benzene rings is 1. The molecule has 1 rings (SSSR count). The minimum atomic E-state index is -0.160. The number of carbonyl (C=O) groups excluding carboxylic acids is 1. The van der Waals surface area contributed by atoms with Crippen molar-refractivity contribution in [2.24, 2.45) is 0 Å². The fourth-order valence-corrected chi connectivity index (χ4v) is 1.57. The Morgan fingerprint density at radius 1 is 1.58 bits per heavy atom. The van der Waals surface area contributed by atoms with Crippen LogP contribution in [0.5, 0.6) is 0 Å². The number of ketones is 1. The Hall–Kier alpha value is -0.600. The molecule has 12 heavy (non-hydrogen) atoms. The molecule has 0 radical (unpaired) electrons. The molecule has 0 aliphatic carbocycles. The first-order valence-corrected chi connectivity index (χ1v) is 4.44. The van der Waals surface area contributed by atoms with Gasteiger partial charge in [-0.3, -0.25) is 4.79 Å². The standard InChI is InChI=1S/C9H6BrClO/c1-2-9(12)7-4-3-6(10)5-8(7)11/h2-5H,1H2. The van der Waals surface area contributed by atoms with Gasteiger partial charge in [-0.15, -0.1) is 0 Å². The summed E-state index contributed by atoms with van der Waals surface area (Å²) in [6.07, 6.45) is 1.25. The van der Waals surface area contributed by atoms with Crippen molar-refractivity contribution in [1.29, 1.82) is 0 Å². The van der Waals surface area contributed by atoms with E-state index in [1.165, 1.54) is 6.08 Å². The fraction of sp³-hybridized carbons (Fsp3) is 0. The zero-order chi connectivity index (χ0) is 9.14. The molecule has 1 nitrogen and oxygen atoms in total. The average molecular weight is 246 g/mol. The van der Waals surface area contributed by atoms with E-state index in [1.54, 1.807) is 18.2 Å². The van der Waals surface area contributed by atoms with Gasteiger partial charge in [-0.25, -0.2) is 0 Å². The Morgan fingerprint density at radius 2 is 2.25 bits per heavy atom. The number of allylic oxidation sites excluding steroid dienone is 1. The minimum absolute atomic E-state index is 0.160. The van der Waals surface area contributed by atoms with Gasteiger partial charge in [-0.05, 0) is 24.3 Å². The molecule has 62 valence electrons. The van der Waals surface area contributed by atoms with E-state index in [0.29, 0.717) is 10.6 Å². The molecule has 0 saturated heterocycles. The summed E-state index contributed by atoms with van der Waals surface area (Å²) in [5.41, 5.74) is 0.481. The normalized spacial score (nSPS) is 9.50. The SMILES string of the molecule is C=CC(=O)c1ccc(Br)cc1Cl. The molecule has 0 aliphatic heterocycles. The Labute approximate surface area is 84.2 Å². The predicted molar refractivity (Wildman–Crippen MR) is 53.7 cm³/mol. The van der Waals surface area contributed by atoms with E-state index in [1.807, 2.05) is 0 Å². The summed E-state index contributed by atoms with van der Waals surface area (Å²) in [6, 6.07) is 5.11. The summed E-state index contributed by atoms with van der Waals surface area (Å²) in [6.45, 7) is 3.38. The highest BCUT2D eigenvalue weighted by Crippen LogP contribution is 2.21. The Morgan fingerprint density at radius 3 is 2.75 bits per heavy atom. The van der Waals surface area contributed by atoms with Crippen LogP contribution in [-0.4, -0.2) is 5.78 Å². The van der Waals surface area contributed by atoms with Crippen LogP contribution in [-0.2, 0) is 0 Å². The summed E-state index contributed by atoms with van der Waals surface area (Å²) in [7, 11) is 0. The third kappa shape index (κ3) is 1.96. The van der Waals surface area contributed by atoms with Gasteiger partial charge in [0.1, 0.15) is 0 Å². The van der Waals surface area contributed by atoms with Gasteiger partial charge in [0, 0.05) is 10.0 Å². The van der Waals surface area contributed by atoms with Crippen molar-refractivity contribution >= 4 is 33.3 Å². The first-order valence-electron chi connectivity index (χ1n) is 3.27. The van der Waals surface area contributed by atoms with Crippen molar-refractivity contribution in [2.45, 2.75) is 0 Å². The fourth-order valence-electron chi connectivity index (χ4n) is 0.799. The van der Waals surface area contributed by atoms with E-state index >= 15 is 0 Å². The van der Waals surface area contributed by atoms with Crippen LogP contribution in [0.15, 0.2) is 35.3 Å². The average Bonchev–Trinajstić information content (AvgIpc) is 2.03. The van der Waals surface area contributed by atoms with Gasteiger partial charge in [0.25, 0.3) is 0 Å². The molecule has 0 saturated carbocycles. The summed E-state index contributed by atoms with van der Waals surface area (Å²) < 4.78 is 0.855. The van der Waals surface area contributed by atoms with Crippen LogP contribution in [0.2, 0.25) is 5.02 Å². The van der Waals surface area contributed by atoms with Gasteiger partial charge in [-0.2, -0.15) is 0 Å². The maximum Gasteiger partial charge on any atom is 0.186 e. The van der Waals surface area contributed by atoms with Gasteiger partial charge in [0.05, 0.1) is 5.02 Å². The number of halogens is 2. The highest BCUT2D eigenvalue weighted by atomic mass is 79.9. The van der Waals surface area contributed by atoms with Crippen molar-refractivity contribution in [3.05, 3.63) is 45.9 Å². The second-order valence-corrected chi connectivity index (χ2v) is 3.52. The van der Waals surface area contributed by atoms with Crippen molar-refractivity contribution < 1.29 is 4.79 Å². The maximum atomic E-state index is 11.1. The van der Waals surface area contributed by atoms with Crippen molar-refractivity contribution in [1.82, 2.24) is 0 Å². The molecule has 0 unspecified atom stereocenters. The molecular formula is C9H6BrClO. The molecule has 0 fully saturated rings. The smallest absolute Gasteiger partial charge is 0.186 e. The molecule has 0 aromatic heterocycles. The third-order valence-electron chi connectivity index (χ3n) is 1.38. The van der Waals surface area contributed by atoms with Crippen LogP contribution >= 0.6 is 27.5 Å². The third-order valence-corrected chi connectivity index (χ3v) is 2.19. The van der Waals surface area contributed by atoms with E-state index in [9.17, 15) is 4.79 Å². The Bertz CT molecular complexity index is 333. The lowest BCUT2D eigenvalue weighted by Crippen LogP contribution is -1.93.